The molecule has 0 bridgehead atoms. The van der Waals surface area contributed by atoms with E-state index >= 15 is 0 Å². The summed E-state index contributed by atoms with van der Waals surface area (Å²) in [5.41, 5.74) is 8.22. The molecule has 0 aromatic carbocycles. The molecule has 0 saturated heterocycles. The minimum Gasteiger partial charge on any atom is -0.281 e. The van der Waals surface area contributed by atoms with Gasteiger partial charge in [-0.1, -0.05) is 18.0 Å². The Hall–Kier alpha value is -0.730. The van der Waals surface area contributed by atoms with Crippen molar-refractivity contribution in [2.24, 2.45) is 11.0 Å². The molecular formula is C7H10ClN3O. The molecule has 0 amide bonds. The van der Waals surface area contributed by atoms with Crippen molar-refractivity contribution in [1.82, 2.24) is 0 Å². The second-order valence-electron chi connectivity index (χ2n) is 2.97. The Kier molecular flexibility index (Phi) is 3.38. The average molecular weight is 188 g/mol. The molecule has 1 saturated carbocycles. The molecule has 5 heteroatoms. The van der Waals surface area contributed by atoms with E-state index in [4.69, 9.17) is 17.1 Å². The van der Waals surface area contributed by atoms with E-state index in [9.17, 15) is 4.79 Å². The predicted molar refractivity (Wildman–Crippen MR) is 45.8 cm³/mol. The quantitative estimate of drug-likeness (QED) is 0.284. The Morgan fingerprint density at radius 2 is 2.17 bits per heavy atom. The fourth-order valence-corrected chi connectivity index (χ4v) is 1.84. The van der Waals surface area contributed by atoms with E-state index in [0.717, 1.165) is 25.7 Å². The van der Waals surface area contributed by atoms with Crippen LogP contribution in [0, 0.1) is 5.92 Å². The summed E-state index contributed by atoms with van der Waals surface area (Å²) in [7, 11) is 0. The number of carbonyl (C=O) groups excluding carboxylic acids is 1. The smallest absolute Gasteiger partial charge is 0.225 e. The number of rotatable bonds is 2. The Morgan fingerprint density at radius 3 is 2.75 bits per heavy atom. The first-order valence-electron chi connectivity index (χ1n) is 3.99. The van der Waals surface area contributed by atoms with Crippen molar-refractivity contribution in [3.8, 4) is 0 Å². The number of halogens is 1. The minimum absolute atomic E-state index is 0.214. The van der Waals surface area contributed by atoms with Crippen LogP contribution < -0.4 is 0 Å². The molecule has 1 fully saturated rings. The van der Waals surface area contributed by atoms with Crippen molar-refractivity contribution in [3.05, 3.63) is 10.4 Å². The van der Waals surface area contributed by atoms with Gasteiger partial charge in [-0.05, 0) is 30.0 Å². The number of nitrogens with zero attached hydrogens (tertiary/aromatic N) is 3. The van der Waals surface area contributed by atoms with Crippen molar-refractivity contribution in [2.75, 3.05) is 0 Å². The molecule has 1 aliphatic rings. The number of carbonyl (C=O) groups is 1. The maximum absolute atomic E-state index is 10.9. The fourth-order valence-electron chi connectivity index (χ4n) is 1.58. The topological polar surface area (TPSA) is 65.8 Å². The molecule has 0 aromatic heterocycles. The highest BCUT2D eigenvalue weighted by Crippen LogP contribution is 2.28. The van der Waals surface area contributed by atoms with Crippen LogP contribution in [0.25, 0.3) is 10.4 Å². The van der Waals surface area contributed by atoms with Crippen molar-refractivity contribution in [2.45, 2.75) is 31.7 Å². The van der Waals surface area contributed by atoms with Gasteiger partial charge < -0.3 is 0 Å². The molecule has 0 radical (unpaired) electrons. The zero-order valence-electron chi connectivity index (χ0n) is 6.61. The van der Waals surface area contributed by atoms with E-state index < -0.39 is 0 Å². The molecule has 12 heavy (non-hydrogen) atoms. The summed E-state index contributed by atoms with van der Waals surface area (Å²) in [6.45, 7) is 0. The average Bonchev–Trinajstić information content (AvgIpc) is 2.05. The van der Waals surface area contributed by atoms with Gasteiger partial charge in [-0.3, -0.25) is 4.79 Å². The van der Waals surface area contributed by atoms with Crippen LogP contribution in [0.3, 0.4) is 0 Å². The molecule has 4 nitrogen and oxygen atoms in total. The Bertz CT molecular complexity index is 215. The van der Waals surface area contributed by atoms with Crippen LogP contribution in [0.5, 0.6) is 0 Å². The molecule has 66 valence electrons. The fraction of sp³-hybridized carbons (Fsp3) is 0.857. The molecule has 0 aliphatic heterocycles. The van der Waals surface area contributed by atoms with Crippen LogP contribution >= 0.6 is 11.6 Å². The Morgan fingerprint density at radius 1 is 1.50 bits per heavy atom. The van der Waals surface area contributed by atoms with E-state index in [1.807, 2.05) is 0 Å². The highest BCUT2D eigenvalue weighted by atomic mass is 35.5. The molecule has 0 N–H and O–H groups in total. The molecule has 0 heterocycles. The van der Waals surface area contributed by atoms with Crippen molar-refractivity contribution in [1.29, 1.82) is 0 Å². The maximum atomic E-state index is 10.9. The highest BCUT2D eigenvalue weighted by molar-refractivity contribution is 6.64. The zero-order valence-corrected chi connectivity index (χ0v) is 7.37. The summed E-state index contributed by atoms with van der Waals surface area (Å²) in [6, 6.07) is -0.214. The van der Waals surface area contributed by atoms with Crippen LogP contribution in [0.15, 0.2) is 5.11 Å². The summed E-state index contributed by atoms with van der Waals surface area (Å²) < 4.78 is 0. The second-order valence-corrected chi connectivity index (χ2v) is 3.34. The lowest BCUT2D eigenvalue weighted by molar-refractivity contribution is -0.116. The molecule has 2 atom stereocenters. The van der Waals surface area contributed by atoms with Crippen LogP contribution in [0.1, 0.15) is 25.7 Å². The minimum atomic E-state index is -0.368. The lowest BCUT2D eigenvalue weighted by Gasteiger charge is -2.24. The van der Waals surface area contributed by atoms with Crippen LogP contribution in [0.2, 0.25) is 0 Å². The third kappa shape index (κ3) is 2.13. The zero-order chi connectivity index (χ0) is 8.97. The van der Waals surface area contributed by atoms with Gasteiger partial charge in [-0.25, -0.2) is 0 Å². The Labute approximate surface area is 75.5 Å². The largest absolute Gasteiger partial charge is 0.281 e. The number of hydrogen-bond donors (Lipinski definition) is 0. The van der Waals surface area contributed by atoms with Crippen molar-refractivity contribution < 1.29 is 4.79 Å². The lowest BCUT2D eigenvalue weighted by atomic mass is 9.86. The van der Waals surface area contributed by atoms with E-state index in [-0.39, 0.29) is 17.2 Å². The van der Waals surface area contributed by atoms with Gasteiger partial charge in [0.25, 0.3) is 0 Å². The number of hydrogen-bond acceptors (Lipinski definition) is 2. The van der Waals surface area contributed by atoms with Gasteiger partial charge >= 0.3 is 0 Å². The summed E-state index contributed by atoms with van der Waals surface area (Å²) in [5, 5.41) is 3.19. The molecular weight excluding hydrogens is 178 g/mol. The van der Waals surface area contributed by atoms with Crippen LogP contribution in [-0.4, -0.2) is 11.3 Å². The molecule has 0 aromatic rings. The van der Waals surface area contributed by atoms with Gasteiger partial charge in [0.15, 0.2) is 0 Å². The van der Waals surface area contributed by atoms with Gasteiger partial charge in [0.2, 0.25) is 5.24 Å². The summed E-state index contributed by atoms with van der Waals surface area (Å²) in [6.07, 6.45) is 3.56. The predicted octanol–water partition coefficient (Wildman–Crippen LogP) is 2.62. The monoisotopic (exact) mass is 187 g/mol. The highest BCUT2D eigenvalue weighted by Gasteiger charge is 2.28. The van der Waals surface area contributed by atoms with E-state index in [1.165, 1.54) is 0 Å². The Balaban J connectivity index is 2.66. The molecule has 1 aliphatic carbocycles. The maximum Gasteiger partial charge on any atom is 0.225 e. The van der Waals surface area contributed by atoms with Gasteiger partial charge in [0.1, 0.15) is 0 Å². The SMILES string of the molecule is [N-]=[N+]=NC1CCCCC1C(=O)Cl. The van der Waals surface area contributed by atoms with Crippen LogP contribution in [-0.2, 0) is 4.79 Å². The van der Waals surface area contributed by atoms with Crippen molar-refractivity contribution >= 4 is 16.8 Å². The lowest BCUT2D eigenvalue weighted by Crippen LogP contribution is -2.27. The normalized spacial score (nSPS) is 29.1. The third-order valence-corrected chi connectivity index (χ3v) is 2.50. The van der Waals surface area contributed by atoms with Gasteiger partial charge in [-0.15, -0.1) is 0 Å². The van der Waals surface area contributed by atoms with Crippen LogP contribution in [0.4, 0.5) is 0 Å². The van der Waals surface area contributed by atoms with E-state index in [2.05, 4.69) is 10.0 Å². The van der Waals surface area contributed by atoms with Crippen molar-refractivity contribution in [3.63, 3.8) is 0 Å². The first-order valence-corrected chi connectivity index (χ1v) is 4.37. The molecule has 0 spiro atoms. The van der Waals surface area contributed by atoms with Gasteiger partial charge in [0.05, 0.1) is 0 Å². The van der Waals surface area contributed by atoms with E-state index in [0.29, 0.717) is 0 Å². The summed E-state index contributed by atoms with van der Waals surface area (Å²) in [5.74, 6) is -0.253. The summed E-state index contributed by atoms with van der Waals surface area (Å²) >= 11 is 5.36. The molecule has 1 rings (SSSR count). The van der Waals surface area contributed by atoms with Gasteiger partial charge in [-0.2, -0.15) is 0 Å². The summed E-state index contributed by atoms with van der Waals surface area (Å²) in [4.78, 5) is 13.6. The standard InChI is InChI=1S/C7H10ClN3O/c8-7(12)5-3-1-2-4-6(5)10-11-9/h5-6H,1-4H2. The third-order valence-electron chi connectivity index (χ3n) is 2.22. The molecule has 2 unspecified atom stereocenters. The second kappa shape index (κ2) is 4.33. The van der Waals surface area contributed by atoms with Gasteiger partial charge in [0, 0.05) is 16.9 Å². The first-order chi connectivity index (χ1) is 5.75. The number of azide groups is 1. The van der Waals surface area contributed by atoms with E-state index in [1.54, 1.807) is 0 Å². The first kappa shape index (κ1) is 9.36.